The first kappa shape index (κ1) is 19.4. The van der Waals surface area contributed by atoms with Gasteiger partial charge >= 0.3 is 6.03 Å². The minimum Gasteiger partial charge on any atom is -0.441 e. The van der Waals surface area contributed by atoms with Crippen LogP contribution in [0.3, 0.4) is 0 Å². The summed E-state index contributed by atoms with van der Waals surface area (Å²) in [7, 11) is 0. The van der Waals surface area contributed by atoms with Crippen molar-refractivity contribution in [3.05, 3.63) is 53.3 Å². The van der Waals surface area contributed by atoms with E-state index in [1.165, 1.54) is 6.08 Å². The molecule has 4 amide bonds. The number of carbonyl (C=O) groups is 3. The lowest BCUT2D eigenvalue weighted by molar-refractivity contribution is -0.122. The standard InChI is InChI=1S/C21H23N3O4/c1-4-14-9-7-8-10-17(14)24-20(26)16(19(25)22-21(24)27)13-15-11-12-18(28-15)23(5-2)6-3/h7-13H,4-6H2,1-3H3,(H,22,25,27). The van der Waals surface area contributed by atoms with Gasteiger partial charge in [0.25, 0.3) is 11.8 Å². The molecule has 2 aromatic rings. The van der Waals surface area contributed by atoms with E-state index in [0.717, 1.165) is 23.6 Å². The molecule has 7 heteroatoms. The second-order valence-electron chi connectivity index (χ2n) is 6.29. The second kappa shape index (κ2) is 8.12. The molecule has 2 heterocycles. The summed E-state index contributed by atoms with van der Waals surface area (Å²) in [5, 5.41) is 2.24. The molecule has 7 nitrogen and oxygen atoms in total. The molecule has 0 unspecified atom stereocenters. The van der Waals surface area contributed by atoms with Crippen LogP contribution in [0.25, 0.3) is 6.08 Å². The quantitative estimate of drug-likeness (QED) is 0.613. The lowest BCUT2D eigenvalue weighted by atomic mass is 10.1. The summed E-state index contributed by atoms with van der Waals surface area (Å²) < 4.78 is 5.75. The zero-order valence-corrected chi connectivity index (χ0v) is 16.2. The summed E-state index contributed by atoms with van der Waals surface area (Å²) >= 11 is 0. The third-order valence-electron chi connectivity index (χ3n) is 4.69. The summed E-state index contributed by atoms with van der Waals surface area (Å²) in [6.45, 7) is 7.50. The average Bonchev–Trinajstić information content (AvgIpc) is 3.15. The molecule has 1 aromatic heterocycles. The summed E-state index contributed by atoms with van der Waals surface area (Å²) in [6.07, 6.45) is 2.02. The van der Waals surface area contributed by atoms with E-state index >= 15 is 0 Å². The number of hydrogen-bond acceptors (Lipinski definition) is 5. The van der Waals surface area contributed by atoms with Gasteiger partial charge in [-0.05, 0) is 44.0 Å². The van der Waals surface area contributed by atoms with Crippen molar-refractivity contribution in [3.63, 3.8) is 0 Å². The van der Waals surface area contributed by atoms with Gasteiger partial charge in [-0.15, -0.1) is 0 Å². The predicted octanol–water partition coefficient (Wildman–Crippen LogP) is 3.35. The molecule has 1 N–H and O–H groups in total. The number of aryl methyl sites for hydroxylation is 1. The van der Waals surface area contributed by atoms with Gasteiger partial charge in [0.15, 0.2) is 5.88 Å². The zero-order valence-electron chi connectivity index (χ0n) is 16.2. The molecule has 1 aliphatic rings. The number of anilines is 2. The number of urea groups is 1. The number of furan rings is 1. The fraction of sp³-hybridized carbons (Fsp3) is 0.286. The van der Waals surface area contributed by atoms with Crippen LogP contribution in [-0.4, -0.2) is 30.9 Å². The highest BCUT2D eigenvalue weighted by Crippen LogP contribution is 2.27. The molecule has 28 heavy (non-hydrogen) atoms. The van der Waals surface area contributed by atoms with Crippen LogP contribution in [0.2, 0.25) is 0 Å². The molecule has 0 radical (unpaired) electrons. The van der Waals surface area contributed by atoms with Crippen LogP contribution in [0.5, 0.6) is 0 Å². The lowest BCUT2D eigenvalue weighted by Gasteiger charge is -2.27. The Bertz CT molecular complexity index is 941. The maximum absolute atomic E-state index is 13.0. The van der Waals surface area contributed by atoms with Crippen LogP contribution in [0.15, 0.2) is 46.4 Å². The van der Waals surface area contributed by atoms with Gasteiger partial charge in [0.05, 0.1) is 5.69 Å². The van der Waals surface area contributed by atoms with Gasteiger partial charge in [-0.25, -0.2) is 9.69 Å². The first-order chi connectivity index (χ1) is 13.5. The summed E-state index contributed by atoms with van der Waals surface area (Å²) in [5.41, 5.74) is 1.15. The van der Waals surface area contributed by atoms with Crippen LogP contribution in [0, 0.1) is 0 Å². The van der Waals surface area contributed by atoms with Crippen LogP contribution in [0.1, 0.15) is 32.1 Å². The van der Waals surface area contributed by atoms with Gasteiger partial charge in [-0.1, -0.05) is 25.1 Å². The number of carbonyl (C=O) groups excluding carboxylic acids is 3. The second-order valence-corrected chi connectivity index (χ2v) is 6.29. The number of hydrogen-bond donors (Lipinski definition) is 1. The Morgan fingerprint density at radius 3 is 2.43 bits per heavy atom. The van der Waals surface area contributed by atoms with Crippen molar-refractivity contribution in [2.24, 2.45) is 0 Å². The molecule has 0 saturated carbocycles. The highest BCUT2D eigenvalue weighted by atomic mass is 16.4. The predicted molar refractivity (Wildman–Crippen MR) is 107 cm³/mol. The zero-order chi connectivity index (χ0) is 20.3. The molecule has 0 bridgehead atoms. The molecule has 1 aromatic carbocycles. The van der Waals surface area contributed by atoms with Crippen molar-refractivity contribution in [3.8, 4) is 0 Å². The van der Waals surface area contributed by atoms with Crippen molar-refractivity contribution in [1.82, 2.24) is 5.32 Å². The molecule has 0 aliphatic carbocycles. The Morgan fingerprint density at radius 1 is 1.04 bits per heavy atom. The number of nitrogens with zero attached hydrogens (tertiary/aromatic N) is 2. The molecule has 1 saturated heterocycles. The number of rotatable bonds is 6. The number of barbiturate groups is 1. The average molecular weight is 381 g/mol. The maximum atomic E-state index is 13.0. The third kappa shape index (κ3) is 3.55. The normalized spacial score (nSPS) is 15.9. The van der Waals surface area contributed by atoms with Gasteiger partial charge in [0.1, 0.15) is 11.3 Å². The largest absolute Gasteiger partial charge is 0.441 e. The highest BCUT2D eigenvalue weighted by molar-refractivity contribution is 6.39. The van der Waals surface area contributed by atoms with Crippen molar-refractivity contribution in [1.29, 1.82) is 0 Å². The third-order valence-corrected chi connectivity index (χ3v) is 4.69. The van der Waals surface area contributed by atoms with Crippen LogP contribution >= 0.6 is 0 Å². The highest BCUT2D eigenvalue weighted by Gasteiger charge is 2.37. The Labute approximate surface area is 163 Å². The van der Waals surface area contributed by atoms with Crippen molar-refractivity contribution in [2.45, 2.75) is 27.2 Å². The van der Waals surface area contributed by atoms with Gasteiger partial charge in [-0.3, -0.25) is 14.9 Å². The Balaban J connectivity index is 1.97. The minimum absolute atomic E-state index is 0.147. The van der Waals surface area contributed by atoms with E-state index in [0.29, 0.717) is 23.8 Å². The fourth-order valence-corrected chi connectivity index (χ4v) is 3.17. The number of para-hydroxylation sites is 1. The topological polar surface area (TPSA) is 82.9 Å². The smallest absolute Gasteiger partial charge is 0.335 e. The number of benzene rings is 1. The van der Waals surface area contributed by atoms with Crippen molar-refractivity contribution < 1.29 is 18.8 Å². The fourth-order valence-electron chi connectivity index (χ4n) is 3.17. The van der Waals surface area contributed by atoms with Crippen LogP contribution in [0.4, 0.5) is 16.4 Å². The van der Waals surface area contributed by atoms with E-state index < -0.39 is 17.8 Å². The minimum atomic E-state index is -0.753. The maximum Gasteiger partial charge on any atom is 0.335 e. The SMILES string of the molecule is CCc1ccccc1N1C(=O)NC(=O)C(=Cc2ccc(N(CC)CC)o2)C1=O. The Hall–Kier alpha value is -3.35. The first-order valence-corrected chi connectivity index (χ1v) is 9.34. The summed E-state index contributed by atoms with van der Waals surface area (Å²) in [4.78, 5) is 40.7. The Morgan fingerprint density at radius 2 is 1.75 bits per heavy atom. The molecular formula is C21H23N3O4. The van der Waals surface area contributed by atoms with Gasteiger partial charge in [0, 0.05) is 19.2 Å². The van der Waals surface area contributed by atoms with E-state index in [4.69, 9.17) is 4.42 Å². The van der Waals surface area contributed by atoms with Crippen molar-refractivity contribution >= 4 is 35.5 Å². The van der Waals surface area contributed by atoms with Crippen LogP contribution < -0.4 is 15.1 Å². The van der Waals surface area contributed by atoms with E-state index in [-0.39, 0.29) is 5.57 Å². The number of imide groups is 2. The van der Waals surface area contributed by atoms with Crippen LogP contribution in [-0.2, 0) is 16.0 Å². The van der Waals surface area contributed by atoms with Gasteiger partial charge in [-0.2, -0.15) is 0 Å². The molecule has 0 atom stereocenters. The summed E-state index contributed by atoms with van der Waals surface area (Å²) in [6, 6.07) is 9.86. The van der Waals surface area contributed by atoms with Gasteiger partial charge in [0.2, 0.25) is 0 Å². The first-order valence-electron chi connectivity index (χ1n) is 9.34. The van der Waals surface area contributed by atoms with Crippen molar-refractivity contribution in [2.75, 3.05) is 22.9 Å². The molecule has 3 rings (SSSR count). The van der Waals surface area contributed by atoms with Gasteiger partial charge < -0.3 is 9.32 Å². The summed E-state index contributed by atoms with van der Waals surface area (Å²) in [5.74, 6) is -0.375. The van der Waals surface area contributed by atoms with E-state index in [2.05, 4.69) is 5.32 Å². The molecular weight excluding hydrogens is 358 g/mol. The monoisotopic (exact) mass is 381 g/mol. The molecule has 1 aliphatic heterocycles. The van der Waals surface area contributed by atoms with E-state index in [1.54, 1.807) is 24.3 Å². The Kier molecular flexibility index (Phi) is 5.63. The molecule has 0 spiro atoms. The number of amides is 4. The molecule has 146 valence electrons. The number of nitrogens with one attached hydrogen (secondary N) is 1. The molecule has 1 fully saturated rings. The van der Waals surface area contributed by atoms with E-state index in [1.807, 2.05) is 37.8 Å². The van der Waals surface area contributed by atoms with E-state index in [9.17, 15) is 14.4 Å². The lowest BCUT2D eigenvalue weighted by Crippen LogP contribution is -2.54.